The third-order valence-corrected chi connectivity index (χ3v) is 1.40. The van der Waals surface area contributed by atoms with Crippen LogP contribution in [0.1, 0.15) is 13.3 Å². The smallest absolute Gasteiger partial charge is 0.177 e. The molecule has 0 spiro atoms. The molecule has 0 bridgehead atoms. The SMILES string of the molecule is CCC(O)(C(=N)N)C(=N)N. The summed E-state index contributed by atoms with van der Waals surface area (Å²) in [7, 11) is 0. The molecule has 5 heteroatoms. The predicted molar refractivity (Wildman–Crippen MR) is 39.1 cm³/mol. The van der Waals surface area contributed by atoms with E-state index >= 15 is 0 Å². The largest absolute Gasteiger partial charge is 0.385 e. The monoisotopic (exact) mass is 144 g/mol. The standard InChI is InChI=1S/C5H12N4O/c1-2-5(10,3(6)7)4(8)9/h10H,2H2,1H3,(H3,6,7)(H3,8,9). The molecule has 7 N–H and O–H groups in total. The molecule has 0 saturated heterocycles. The summed E-state index contributed by atoms with van der Waals surface area (Å²) in [6.07, 6.45) is 0.150. The van der Waals surface area contributed by atoms with Crippen molar-refractivity contribution < 1.29 is 5.11 Å². The van der Waals surface area contributed by atoms with E-state index < -0.39 is 17.3 Å². The predicted octanol–water partition coefficient (Wildman–Crippen LogP) is -1.00. The van der Waals surface area contributed by atoms with E-state index in [0.29, 0.717) is 0 Å². The number of aliphatic hydroxyl groups is 1. The summed E-state index contributed by atoms with van der Waals surface area (Å²) in [5, 5.41) is 23.0. The van der Waals surface area contributed by atoms with Crippen molar-refractivity contribution in [1.29, 1.82) is 10.8 Å². The van der Waals surface area contributed by atoms with Gasteiger partial charge in [0.25, 0.3) is 0 Å². The summed E-state index contributed by atoms with van der Waals surface area (Å²) in [6, 6.07) is 0. The third kappa shape index (κ3) is 1.24. The minimum Gasteiger partial charge on any atom is -0.385 e. The van der Waals surface area contributed by atoms with Crippen LogP contribution in [0.25, 0.3) is 0 Å². The minimum absolute atomic E-state index is 0.150. The Morgan fingerprint density at radius 3 is 1.70 bits per heavy atom. The normalized spacial score (nSPS) is 15.8. The Kier molecular flexibility index (Phi) is 2.36. The second kappa shape index (κ2) is 2.66. The van der Waals surface area contributed by atoms with E-state index in [-0.39, 0.29) is 6.42 Å². The summed E-state index contributed by atoms with van der Waals surface area (Å²) in [5.41, 5.74) is 8.25. The topological polar surface area (TPSA) is 120 Å². The van der Waals surface area contributed by atoms with E-state index in [1.807, 2.05) is 0 Å². The van der Waals surface area contributed by atoms with Gasteiger partial charge >= 0.3 is 0 Å². The van der Waals surface area contributed by atoms with Crippen LogP contribution in [0, 0.1) is 10.8 Å². The van der Waals surface area contributed by atoms with Gasteiger partial charge in [-0.25, -0.2) is 0 Å². The van der Waals surface area contributed by atoms with Crippen molar-refractivity contribution in [1.82, 2.24) is 0 Å². The van der Waals surface area contributed by atoms with Crippen LogP contribution < -0.4 is 11.5 Å². The van der Waals surface area contributed by atoms with Gasteiger partial charge in [-0.15, -0.1) is 0 Å². The third-order valence-electron chi connectivity index (χ3n) is 1.40. The van der Waals surface area contributed by atoms with Crippen molar-refractivity contribution in [2.45, 2.75) is 18.9 Å². The van der Waals surface area contributed by atoms with Crippen LogP contribution in [0.4, 0.5) is 0 Å². The van der Waals surface area contributed by atoms with Crippen LogP contribution in [0.15, 0.2) is 0 Å². The summed E-state index contributed by atoms with van der Waals surface area (Å²) >= 11 is 0. The second-order valence-electron chi connectivity index (χ2n) is 2.04. The highest BCUT2D eigenvalue weighted by Gasteiger charge is 2.32. The first-order chi connectivity index (χ1) is 4.45. The number of nitrogens with two attached hydrogens (primary N) is 2. The molecule has 5 nitrogen and oxygen atoms in total. The van der Waals surface area contributed by atoms with Crippen LogP contribution in [0.3, 0.4) is 0 Å². The number of nitrogens with one attached hydrogen (secondary N) is 2. The van der Waals surface area contributed by atoms with Gasteiger partial charge in [-0.2, -0.15) is 0 Å². The Labute approximate surface area is 59.0 Å². The lowest BCUT2D eigenvalue weighted by atomic mass is 9.99. The Balaban J connectivity index is 4.55. The maximum atomic E-state index is 9.28. The minimum atomic E-state index is -1.74. The van der Waals surface area contributed by atoms with Crippen LogP contribution in [-0.4, -0.2) is 22.4 Å². The van der Waals surface area contributed by atoms with Crippen LogP contribution >= 0.6 is 0 Å². The second-order valence-corrected chi connectivity index (χ2v) is 2.04. The van der Waals surface area contributed by atoms with Crippen molar-refractivity contribution in [3.05, 3.63) is 0 Å². The van der Waals surface area contributed by atoms with Gasteiger partial charge in [0.15, 0.2) is 5.60 Å². The molecule has 0 aliphatic carbocycles. The van der Waals surface area contributed by atoms with Gasteiger partial charge in [0.05, 0.1) is 0 Å². The molecular weight excluding hydrogens is 132 g/mol. The van der Waals surface area contributed by atoms with Crippen molar-refractivity contribution in [3.8, 4) is 0 Å². The van der Waals surface area contributed by atoms with E-state index in [2.05, 4.69) is 0 Å². The number of hydrogen-bond acceptors (Lipinski definition) is 3. The van der Waals surface area contributed by atoms with Gasteiger partial charge in [0, 0.05) is 0 Å². The first-order valence-corrected chi connectivity index (χ1v) is 2.86. The molecule has 0 aromatic rings. The van der Waals surface area contributed by atoms with Gasteiger partial charge in [0.2, 0.25) is 0 Å². The summed E-state index contributed by atoms with van der Waals surface area (Å²) in [6.45, 7) is 1.60. The van der Waals surface area contributed by atoms with Crippen LogP contribution in [0.2, 0.25) is 0 Å². The van der Waals surface area contributed by atoms with E-state index in [4.69, 9.17) is 22.3 Å². The lowest BCUT2D eigenvalue weighted by Crippen LogP contribution is -2.52. The van der Waals surface area contributed by atoms with Crippen molar-refractivity contribution in [2.75, 3.05) is 0 Å². The zero-order valence-electron chi connectivity index (χ0n) is 5.81. The number of hydrogen-bond donors (Lipinski definition) is 5. The number of rotatable bonds is 3. The molecule has 0 radical (unpaired) electrons. The highest BCUT2D eigenvalue weighted by atomic mass is 16.3. The molecule has 0 fully saturated rings. The summed E-state index contributed by atoms with van der Waals surface area (Å²) in [4.78, 5) is 0. The maximum absolute atomic E-state index is 9.28. The quantitative estimate of drug-likeness (QED) is 0.258. The van der Waals surface area contributed by atoms with Gasteiger partial charge in [-0.05, 0) is 6.42 Å². The molecular formula is C5H12N4O. The Hall–Kier alpha value is -1.10. The lowest BCUT2D eigenvalue weighted by molar-refractivity contribution is 0.174. The highest BCUT2D eigenvalue weighted by molar-refractivity contribution is 6.09. The molecule has 0 aromatic heterocycles. The van der Waals surface area contributed by atoms with Crippen LogP contribution in [0.5, 0.6) is 0 Å². The molecule has 0 aliphatic heterocycles. The highest BCUT2D eigenvalue weighted by Crippen LogP contribution is 2.07. The molecule has 0 unspecified atom stereocenters. The Morgan fingerprint density at radius 1 is 1.40 bits per heavy atom. The summed E-state index contributed by atoms with van der Waals surface area (Å²) in [5.74, 6) is -0.968. The molecule has 10 heavy (non-hydrogen) atoms. The molecule has 58 valence electrons. The zero-order chi connectivity index (χ0) is 8.36. The van der Waals surface area contributed by atoms with E-state index in [1.54, 1.807) is 6.92 Å². The van der Waals surface area contributed by atoms with E-state index in [0.717, 1.165) is 0 Å². The summed E-state index contributed by atoms with van der Waals surface area (Å²) < 4.78 is 0. The zero-order valence-corrected chi connectivity index (χ0v) is 5.81. The fourth-order valence-corrected chi connectivity index (χ4v) is 0.526. The first-order valence-electron chi connectivity index (χ1n) is 2.86. The lowest BCUT2D eigenvalue weighted by Gasteiger charge is -2.22. The van der Waals surface area contributed by atoms with Gasteiger partial charge in [-0.3, -0.25) is 10.8 Å². The van der Waals surface area contributed by atoms with Gasteiger partial charge in [0.1, 0.15) is 11.7 Å². The molecule has 0 aromatic carbocycles. The fourth-order valence-electron chi connectivity index (χ4n) is 0.526. The molecule has 0 aliphatic rings. The van der Waals surface area contributed by atoms with Crippen molar-refractivity contribution in [2.24, 2.45) is 11.5 Å². The molecule has 0 amide bonds. The van der Waals surface area contributed by atoms with Gasteiger partial charge < -0.3 is 16.6 Å². The maximum Gasteiger partial charge on any atom is 0.177 e. The fraction of sp³-hybridized carbons (Fsp3) is 0.600. The average molecular weight is 144 g/mol. The first kappa shape index (κ1) is 8.90. The van der Waals surface area contributed by atoms with Gasteiger partial charge in [-0.1, -0.05) is 6.92 Å². The molecule has 0 atom stereocenters. The van der Waals surface area contributed by atoms with Crippen LogP contribution in [-0.2, 0) is 0 Å². The molecule has 0 saturated carbocycles. The van der Waals surface area contributed by atoms with Crippen molar-refractivity contribution >= 4 is 11.7 Å². The van der Waals surface area contributed by atoms with E-state index in [1.165, 1.54) is 0 Å². The molecule has 0 rings (SSSR count). The van der Waals surface area contributed by atoms with Crippen molar-refractivity contribution in [3.63, 3.8) is 0 Å². The number of amidine groups is 2. The molecule has 0 heterocycles. The van der Waals surface area contributed by atoms with E-state index in [9.17, 15) is 5.11 Å². The Morgan fingerprint density at radius 2 is 1.70 bits per heavy atom. The average Bonchev–Trinajstić information content (AvgIpc) is 1.85. The Bertz CT molecular complexity index is 151.